The van der Waals surface area contributed by atoms with Crippen LogP contribution in [0.15, 0.2) is 18.3 Å². The number of hydrogen-bond donors (Lipinski definition) is 0. The van der Waals surface area contributed by atoms with E-state index in [2.05, 4.69) is 10.3 Å². The molecule has 0 aliphatic rings. The Morgan fingerprint density at radius 2 is 1.81 bits per heavy atom. The van der Waals surface area contributed by atoms with Crippen molar-refractivity contribution in [1.29, 1.82) is 0 Å². The molecule has 0 aliphatic heterocycles. The first kappa shape index (κ1) is 15.5. The van der Waals surface area contributed by atoms with Gasteiger partial charge in [-0.25, -0.2) is 17.9 Å². The first-order chi connectivity index (χ1) is 10.1. The Hall–Kier alpha value is -1.93. The molecule has 0 fully saturated rings. The van der Waals surface area contributed by atoms with Gasteiger partial charge in [-0.2, -0.15) is 0 Å². The summed E-state index contributed by atoms with van der Waals surface area (Å²) in [5.41, 5.74) is -0.0965. The standard InChI is InChI=1S/C13H14F3N3O2/c1-3-20-13(21-4-2)10-7-19(18-17-10)11-6-8(14)5-9(15)12(11)16/h5-7,13H,3-4H2,1-2H3. The van der Waals surface area contributed by atoms with E-state index in [1.54, 1.807) is 13.8 Å². The highest BCUT2D eigenvalue weighted by Crippen LogP contribution is 2.21. The molecular formula is C13H14F3N3O2. The van der Waals surface area contributed by atoms with Crippen LogP contribution in [0.5, 0.6) is 0 Å². The highest BCUT2D eigenvalue weighted by atomic mass is 19.2. The molecule has 0 amide bonds. The molecule has 0 N–H and O–H groups in total. The van der Waals surface area contributed by atoms with Crippen LogP contribution in [-0.2, 0) is 9.47 Å². The summed E-state index contributed by atoms with van der Waals surface area (Å²) in [5.74, 6) is -3.42. The zero-order chi connectivity index (χ0) is 15.4. The number of rotatable bonds is 6. The molecule has 1 aromatic carbocycles. The maximum absolute atomic E-state index is 13.7. The van der Waals surface area contributed by atoms with Crippen molar-refractivity contribution in [3.8, 4) is 5.69 Å². The van der Waals surface area contributed by atoms with Gasteiger partial charge in [0.25, 0.3) is 0 Å². The Morgan fingerprint density at radius 3 is 2.43 bits per heavy atom. The predicted octanol–water partition coefficient (Wildman–Crippen LogP) is 2.76. The Bertz CT molecular complexity index is 613. The third kappa shape index (κ3) is 3.40. The van der Waals surface area contributed by atoms with Gasteiger partial charge in [-0.1, -0.05) is 5.21 Å². The van der Waals surface area contributed by atoms with Crippen LogP contribution in [0.25, 0.3) is 5.69 Å². The summed E-state index contributed by atoms with van der Waals surface area (Å²) >= 11 is 0. The van der Waals surface area contributed by atoms with Crippen molar-refractivity contribution in [2.24, 2.45) is 0 Å². The van der Waals surface area contributed by atoms with Gasteiger partial charge < -0.3 is 9.47 Å². The summed E-state index contributed by atoms with van der Waals surface area (Å²) in [6, 6.07) is 1.28. The van der Waals surface area contributed by atoms with E-state index in [1.807, 2.05) is 0 Å². The Morgan fingerprint density at radius 1 is 1.14 bits per heavy atom. The molecule has 0 saturated carbocycles. The van der Waals surface area contributed by atoms with E-state index >= 15 is 0 Å². The second-order valence-corrected chi connectivity index (χ2v) is 4.05. The molecule has 5 nitrogen and oxygen atoms in total. The number of benzene rings is 1. The molecule has 1 aromatic heterocycles. The maximum Gasteiger partial charge on any atom is 0.204 e. The van der Waals surface area contributed by atoms with Crippen molar-refractivity contribution in [3.63, 3.8) is 0 Å². The fourth-order valence-corrected chi connectivity index (χ4v) is 1.73. The van der Waals surface area contributed by atoms with E-state index in [9.17, 15) is 13.2 Å². The van der Waals surface area contributed by atoms with Crippen LogP contribution < -0.4 is 0 Å². The minimum absolute atomic E-state index is 0.280. The van der Waals surface area contributed by atoms with Gasteiger partial charge in [-0.15, -0.1) is 5.10 Å². The highest BCUT2D eigenvalue weighted by Gasteiger charge is 2.19. The van der Waals surface area contributed by atoms with Crippen molar-refractivity contribution in [2.45, 2.75) is 20.1 Å². The summed E-state index contributed by atoms with van der Waals surface area (Å²) in [6.07, 6.45) is 0.531. The summed E-state index contributed by atoms with van der Waals surface area (Å²) in [6.45, 7) is 4.30. The van der Waals surface area contributed by atoms with E-state index in [1.165, 1.54) is 6.20 Å². The molecule has 0 radical (unpaired) electrons. The number of ether oxygens (including phenoxy) is 2. The summed E-state index contributed by atoms with van der Waals surface area (Å²) < 4.78 is 51.6. The monoisotopic (exact) mass is 301 g/mol. The van der Waals surface area contributed by atoms with Crippen LogP contribution in [-0.4, -0.2) is 28.2 Å². The van der Waals surface area contributed by atoms with Crippen molar-refractivity contribution >= 4 is 0 Å². The highest BCUT2D eigenvalue weighted by molar-refractivity contribution is 5.34. The van der Waals surface area contributed by atoms with Crippen molar-refractivity contribution in [3.05, 3.63) is 41.5 Å². The fourth-order valence-electron chi connectivity index (χ4n) is 1.73. The van der Waals surface area contributed by atoms with Gasteiger partial charge in [-0.05, 0) is 13.8 Å². The van der Waals surface area contributed by atoms with E-state index in [4.69, 9.17) is 9.47 Å². The molecule has 0 spiro atoms. The van der Waals surface area contributed by atoms with Crippen LogP contribution in [0.2, 0.25) is 0 Å². The number of hydrogen-bond acceptors (Lipinski definition) is 4. The molecule has 0 unspecified atom stereocenters. The predicted molar refractivity (Wildman–Crippen MR) is 67.2 cm³/mol. The quantitative estimate of drug-likeness (QED) is 0.608. The Kier molecular flexibility index (Phi) is 4.92. The summed E-state index contributed by atoms with van der Waals surface area (Å²) in [7, 11) is 0. The molecule has 0 bridgehead atoms. The normalized spacial score (nSPS) is 11.3. The van der Waals surface area contributed by atoms with Gasteiger partial charge in [0.15, 0.2) is 11.6 Å². The van der Waals surface area contributed by atoms with Gasteiger partial charge in [0.2, 0.25) is 6.29 Å². The minimum Gasteiger partial charge on any atom is -0.347 e. The third-order valence-corrected chi connectivity index (χ3v) is 2.61. The third-order valence-electron chi connectivity index (χ3n) is 2.61. The lowest BCUT2D eigenvalue weighted by Gasteiger charge is -2.13. The molecule has 114 valence electrons. The minimum atomic E-state index is -1.30. The van der Waals surface area contributed by atoms with Gasteiger partial charge in [0.05, 0.1) is 6.20 Å². The number of aromatic nitrogens is 3. The lowest BCUT2D eigenvalue weighted by Crippen LogP contribution is -2.09. The number of nitrogens with zero attached hydrogens (tertiary/aromatic N) is 3. The lowest BCUT2D eigenvalue weighted by atomic mass is 10.3. The van der Waals surface area contributed by atoms with Crippen LogP contribution in [0.4, 0.5) is 13.2 Å². The Labute approximate surface area is 119 Å². The Balaban J connectivity index is 2.35. The second-order valence-electron chi connectivity index (χ2n) is 4.05. The zero-order valence-corrected chi connectivity index (χ0v) is 11.5. The first-order valence-electron chi connectivity index (χ1n) is 6.37. The average Bonchev–Trinajstić information content (AvgIpc) is 2.92. The van der Waals surface area contributed by atoms with Gasteiger partial charge >= 0.3 is 0 Å². The summed E-state index contributed by atoms with van der Waals surface area (Å²) in [4.78, 5) is 0. The molecule has 2 aromatic rings. The molecule has 0 saturated heterocycles. The van der Waals surface area contributed by atoms with Crippen LogP contribution >= 0.6 is 0 Å². The maximum atomic E-state index is 13.7. The average molecular weight is 301 g/mol. The number of halogens is 3. The largest absolute Gasteiger partial charge is 0.347 e. The lowest BCUT2D eigenvalue weighted by molar-refractivity contribution is -0.142. The van der Waals surface area contributed by atoms with Crippen molar-refractivity contribution in [1.82, 2.24) is 15.0 Å². The molecule has 2 rings (SSSR count). The summed E-state index contributed by atoms with van der Waals surface area (Å²) in [5, 5.41) is 7.43. The van der Waals surface area contributed by atoms with E-state index < -0.39 is 23.7 Å². The first-order valence-corrected chi connectivity index (χ1v) is 6.37. The van der Waals surface area contributed by atoms with Crippen LogP contribution in [0, 0.1) is 17.5 Å². The van der Waals surface area contributed by atoms with Gasteiger partial charge in [0.1, 0.15) is 17.2 Å². The SMILES string of the molecule is CCOC(OCC)c1cn(-c2cc(F)cc(F)c2F)nn1. The van der Waals surface area contributed by atoms with Crippen molar-refractivity contribution in [2.75, 3.05) is 13.2 Å². The van der Waals surface area contributed by atoms with Gasteiger partial charge in [-0.3, -0.25) is 0 Å². The topological polar surface area (TPSA) is 49.2 Å². The van der Waals surface area contributed by atoms with Crippen molar-refractivity contribution < 1.29 is 22.6 Å². The molecule has 21 heavy (non-hydrogen) atoms. The zero-order valence-electron chi connectivity index (χ0n) is 11.5. The molecule has 8 heteroatoms. The molecule has 1 heterocycles. The molecular weight excluding hydrogens is 287 g/mol. The second kappa shape index (κ2) is 6.68. The van der Waals surface area contributed by atoms with Gasteiger partial charge in [0, 0.05) is 25.3 Å². The van der Waals surface area contributed by atoms with E-state index in [0.29, 0.717) is 19.3 Å². The van der Waals surface area contributed by atoms with E-state index in [0.717, 1.165) is 10.7 Å². The van der Waals surface area contributed by atoms with E-state index in [-0.39, 0.29) is 11.4 Å². The van der Waals surface area contributed by atoms with Crippen LogP contribution in [0.3, 0.4) is 0 Å². The smallest absolute Gasteiger partial charge is 0.204 e. The molecule has 0 aliphatic carbocycles. The van der Waals surface area contributed by atoms with Crippen LogP contribution in [0.1, 0.15) is 25.8 Å². The molecule has 0 atom stereocenters. The fraction of sp³-hybridized carbons (Fsp3) is 0.385.